The summed E-state index contributed by atoms with van der Waals surface area (Å²) in [6.45, 7) is 0.512. The molecule has 3 rings (SSSR count). The Hall–Kier alpha value is -2.09. The number of nitrogens with one attached hydrogen (secondary N) is 1. The number of rotatable bonds is 8. The second kappa shape index (κ2) is 9.73. The van der Waals surface area contributed by atoms with Crippen LogP contribution in [0, 0.1) is 0 Å². The maximum Gasteiger partial charge on any atom is 0.244 e. The van der Waals surface area contributed by atoms with Crippen LogP contribution >= 0.6 is 34.7 Å². The Morgan fingerprint density at radius 3 is 3.00 bits per heavy atom. The minimum Gasteiger partial charge on any atom is -0.352 e. The van der Waals surface area contributed by atoms with Crippen molar-refractivity contribution >= 4 is 46.7 Å². The highest BCUT2D eigenvalue weighted by atomic mass is 35.5. The number of thioether (sulfide) groups is 1. The quantitative estimate of drug-likeness (QED) is 0.440. The second-order valence-corrected chi connectivity index (χ2v) is 8.12. The van der Waals surface area contributed by atoms with Gasteiger partial charge in [-0.25, -0.2) is 0 Å². The van der Waals surface area contributed by atoms with E-state index in [1.54, 1.807) is 29.2 Å². The molecule has 8 heteroatoms. The first kappa shape index (κ1) is 19.7. The van der Waals surface area contributed by atoms with E-state index < -0.39 is 0 Å². The summed E-state index contributed by atoms with van der Waals surface area (Å²) in [7, 11) is 1.94. The van der Waals surface area contributed by atoms with Gasteiger partial charge in [-0.1, -0.05) is 41.6 Å². The molecule has 1 amide bonds. The fraction of sp³-hybridized carbons (Fsp3) is 0.211. The van der Waals surface area contributed by atoms with E-state index >= 15 is 0 Å². The highest BCUT2D eigenvalue weighted by molar-refractivity contribution is 7.98. The molecule has 0 aliphatic heterocycles. The van der Waals surface area contributed by atoms with E-state index in [2.05, 4.69) is 15.5 Å². The molecule has 0 aliphatic carbocycles. The van der Waals surface area contributed by atoms with Gasteiger partial charge >= 0.3 is 0 Å². The van der Waals surface area contributed by atoms with Gasteiger partial charge in [-0.05, 0) is 35.2 Å². The Kier molecular flexibility index (Phi) is 7.09. The van der Waals surface area contributed by atoms with Gasteiger partial charge in [0, 0.05) is 41.7 Å². The van der Waals surface area contributed by atoms with Crippen molar-refractivity contribution in [1.82, 2.24) is 20.1 Å². The topological polar surface area (TPSA) is 59.8 Å². The fourth-order valence-corrected chi connectivity index (χ4v) is 4.07. The van der Waals surface area contributed by atoms with E-state index in [4.69, 9.17) is 11.6 Å². The van der Waals surface area contributed by atoms with E-state index in [0.29, 0.717) is 13.0 Å². The summed E-state index contributed by atoms with van der Waals surface area (Å²) in [6, 6.07) is 11.7. The number of halogens is 1. The lowest BCUT2D eigenvalue weighted by atomic mass is 10.2. The average Bonchev–Trinajstić information content (AvgIpc) is 3.29. The van der Waals surface area contributed by atoms with Crippen molar-refractivity contribution in [2.45, 2.75) is 17.3 Å². The number of benzene rings is 1. The van der Waals surface area contributed by atoms with Gasteiger partial charge in [-0.15, -0.1) is 21.5 Å². The van der Waals surface area contributed by atoms with Crippen LogP contribution in [0.3, 0.4) is 0 Å². The Morgan fingerprint density at radius 1 is 1.33 bits per heavy atom. The summed E-state index contributed by atoms with van der Waals surface area (Å²) >= 11 is 9.22. The second-order valence-electron chi connectivity index (χ2n) is 5.77. The maximum atomic E-state index is 11.9. The molecular formula is C19H19ClN4OS2. The van der Waals surface area contributed by atoms with Gasteiger partial charge in [0.25, 0.3) is 0 Å². The minimum atomic E-state index is -0.110. The Balaban J connectivity index is 1.46. The molecule has 0 atom stereocenters. The molecule has 0 unspecified atom stereocenters. The fourth-order valence-electron chi connectivity index (χ4n) is 2.36. The van der Waals surface area contributed by atoms with Crippen LogP contribution in [0.5, 0.6) is 0 Å². The summed E-state index contributed by atoms with van der Waals surface area (Å²) in [5, 5.41) is 14.9. The van der Waals surface area contributed by atoms with E-state index in [-0.39, 0.29) is 5.91 Å². The molecule has 27 heavy (non-hydrogen) atoms. The number of nitrogens with zero attached hydrogens (tertiary/aromatic N) is 3. The molecule has 0 saturated carbocycles. The van der Waals surface area contributed by atoms with Crippen LogP contribution in [0.1, 0.15) is 16.3 Å². The molecule has 0 spiro atoms. The zero-order valence-electron chi connectivity index (χ0n) is 14.8. The third kappa shape index (κ3) is 5.95. The zero-order valence-corrected chi connectivity index (χ0v) is 17.2. The summed E-state index contributed by atoms with van der Waals surface area (Å²) < 4.78 is 1.96. The maximum absolute atomic E-state index is 11.9. The average molecular weight is 419 g/mol. The molecule has 0 radical (unpaired) electrons. The third-order valence-electron chi connectivity index (χ3n) is 3.77. The van der Waals surface area contributed by atoms with Gasteiger partial charge in [0.15, 0.2) is 5.16 Å². The van der Waals surface area contributed by atoms with E-state index in [1.165, 1.54) is 0 Å². The summed E-state index contributed by atoms with van der Waals surface area (Å²) in [6.07, 6.45) is 3.99. The molecular weight excluding hydrogens is 400 g/mol. The highest BCUT2D eigenvalue weighted by Gasteiger charge is 2.09. The lowest BCUT2D eigenvalue weighted by molar-refractivity contribution is -0.116. The van der Waals surface area contributed by atoms with Crippen LogP contribution in [0.15, 0.2) is 53.0 Å². The van der Waals surface area contributed by atoms with Gasteiger partial charge in [-0.2, -0.15) is 0 Å². The lowest BCUT2D eigenvalue weighted by Gasteiger charge is -2.05. The van der Waals surface area contributed by atoms with E-state index in [9.17, 15) is 4.79 Å². The van der Waals surface area contributed by atoms with Crippen LogP contribution in [0.25, 0.3) is 6.08 Å². The van der Waals surface area contributed by atoms with Gasteiger partial charge < -0.3 is 9.88 Å². The van der Waals surface area contributed by atoms with Crippen molar-refractivity contribution in [2.24, 2.45) is 7.05 Å². The van der Waals surface area contributed by atoms with Crippen molar-refractivity contribution in [3.05, 3.63) is 69.1 Å². The molecule has 0 bridgehead atoms. The molecule has 140 valence electrons. The number of carbonyl (C=O) groups excluding carboxylic acids is 1. The summed E-state index contributed by atoms with van der Waals surface area (Å²) in [5.74, 6) is 1.50. The van der Waals surface area contributed by atoms with E-state index in [1.807, 2.05) is 59.5 Å². The number of thiophene rings is 1. The summed E-state index contributed by atoms with van der Waals surface area (Å²) in [4.78, 5) is 12.9. The predicted octanol–water partition coefficient (Wildman–Crippen LogP) is 4.19. The molecule has 1 N–H and O–H groups in total. The van der Waals surface area contributed by atoms with Gasteiger partial charge in [0.05, 0.1) is 0 Å². The van der Waals surface area contributed by atoms with Crippen LogP contribution in [-0.2, 0) is 24.0 Å². The normalized spacial score (nSPS) is 11.2. The number of hydrogen-bond donors (Lipinski definition) is 1. The van der Waals surface area contributed by atoms with Crippen LogP contribution in [0.4, 0.5) is 0 Å². The predicted molar refractivity (Wildman–Crippen MR) is 112 cm³/mol. The smallest absolute Gasteiger partial charge is 0.244 e. The first-order valence-electron chi connectivity index (χ1n) is 8.37. The Morgan fingerprint density at radius 2 is 2.22 bits per heavy atom. The molecule has 2 aromatic heterocycles. The molecule has 1 aromatic carbocycles. The zero-order chi connectivity index (χ0) is 19.1. The van der Waals surface area contributed by atoms with Crippen molar-refractivity contribution in [1.29, 1.82) is 0 Å². The standard InChI is InChI=1S/C19H19ClN4OS2/c1-24-17(9-10-21-18(25)8-7-16-6-3-11-26-16)22-23-19(24)27-13-14-4-2-5-15(20)12-14/h2-8,11-12H,9-10,13H2,1H3,(H,21,25). The Bertz CT molecular complexity index is 922. The van der Waals surface area contributed by atoms with Crippen LogP contribution in [0.2, 0.25) is 5.02 Å². The van der Waals surface area contributed by atoms with Gasteiger partial charge in [0.1, 0.15) is 5.82 Å². The van der Waals surface area contributed by atoms with Crippen molar-refractivity contribution in [3.63, 3.8) is 0 Å². The molecule has 0 fully saturated rings. The van der Waals surface area contributed by atoms with Gasteiger partial charge in [0.2, 0.25) is 5.91 Å². The summed E-state index contributed by atoms with van der Waals surface area (Å²) in [5.41, 5.74) is 1.14. The van der Waals surface area contributed by atoms with Crippen molar-refractivity contribution < 1.29 is 4.79 Å². The number of amides is 1. The van der Waals surface area contributed by atoms with E-state index in [0.717, 1.165) is 32.2 Å². The molecule has 0 aliphatic rings. The highest BCUT2D eigenvalue weighted by Crippen LogP contribution is 2.22. The van der Waals surface area contributed by atoms with Crippen LogP contribution in [-0.4, -0.2) is 27.2 Å². The molecule has 0 saturated heterocycles. The number of carbonyl (C=O) groups is 1. The number of hydrogen-bond acceptors (Lipinski definition) is 5. The lowest BCUT2D eigenvalue weighted by Crippen LogP contribution is -2.24. The number of aromatic nitrogens is 3. The monoisotopic (exact) mass is 418 g/mol. The first-order valence-corrected chi connectivity index (χ1v) is 10.6. The largest absolute Gasteiger partial charge is 0.352 e. The SMILES string of the molecule is Cn1c(CCNC(=O)C=Cc2cccs2)nnc1SCc1cccc(Cl)c1. The minimum absolute atomic E-state index is 0.110. The van der Waals surface area contributed by atoms with Crippen molar-refractivity contribution in [2.75, 3.05) is 6.54 Å². The van der Waals surface area contributed by atoms with Crippen molar-refractivity contribution in [3.8, 4) is 0 Å². The molecule has 5 nitrogen and oxygen atoms in total. The third-order valence-corrected chi connectivity index (χ3v) is 5.94. The molecule has 2 heterocycles. The van der Waals surface area contributed by atoms with Gasteiger partial charge in [-0.3, -0.25) is 4.79 Å². The molecule has 3 aromatic rings. The first-order chi connectivity index (χ1) is 13.1. The Labute approximate surface area is 171 Å². The van der Waals surface area contributed by atoms with Crippen LogP contribution < -0.4 is 5.32 Å².